The third kappa shape index (κ3) is 3.24. The zero-order valence-electron chi connectivity index (χ0n) is 13.5. The maximum Gasteiger partial charge on any atom is 0.291 e. The molecule has 9 heteroatoms. The first-order chi connectivity index (χ1) is 11.8. The van der Waals surface area contributed by atoms with Gasteiger partial charge >= 0.3 is 0 Å². The van der Waals surface area contributed by atoms with Crippen LogP contribution in [0.15, 0.2) is 33.6 Å². The van der Waals surface area contributed by atoms with Crippen molar-refractivity contribution >= 4 is 21.6 Å². The Morgan fingerprint density at radius 2 is 2.00 bits per heavy atom. The van der Waals surface area contributed by atoms with Crippen LogP contribution in [0, 0.1) is 12.7 Å². The summed E-state index contributed by atoms with van der Waals surface area (Å²) in [5.74, 6) is -2.32. The summed E-state index contributed by atoms with van der Waals surface area (Å²) in [5.41, 5.74) is -0.398. The van der Waals surface area contributed by atoms with E-state index in [1.807, 2.05) is 0 Å². The van der Waals surface area contributed by atoms with Crippen molar-refractivity contribution < 1.29 is 27.1 Å². The number of furan rings is 1. The lowest BCUT2D eigenvalue weighted by atomic mass is 10.2. The average Bonchev–Trinajstić information content (AvgIpc) is 3.21. The molecule has 0 unspecified atom stereocenters. The summed E-state index contributed by atoms with van der Waals surface area (Å²) in [6, 6.07) is 4.70. The Hall–Kier alpha value is -2.39. The molecule has 134 valence electrons. The van der Waals surface area contributed by atoms with Gasteiger partial charge in [0.15, 0.2) is 11.6 Å². The van der Waals surface area contributed by atoms with Crippen LogP contribution in [0.1, 0.15) is 29.2 Å². The summed E-state index contributed by atoms with van der Waals surface area (Å²) in [4.78, 5) is 12.2. The number of phenolic OH excluding ortho intramolecular Hbond substituents is 1. The molecule has 7 nitrogen and oxygen atoms in total. The summed E-state index contributed by atoms with van der Waals surface area (Å²) in [7, 11) is -3.74. The third-order valence-electron chi connectivity index (χ3n) is 4.01. The zero-order valence-corrected chi connectivity index (χ0v) is 14.3. The Morgan fingerprint density at radius 1 is 1.32 bits per heavy atom. The lowest BCUT2D eigenvalue weighted by Gasteiger charge is -2.14. The van der Waals surface area contributed by atoms with E-state index >= 15 is 0 Å². The van der Waals surface area contributed by atoms with E-state index in [9.17, 15) is 22.7 Å². The lowest BCUT2D eigenvalue weighted by molar-refractivity contribution is 0.0994. The van der Waals surface area contributed by atoms with Crippen molar-refractivity contribution in [3.05, 3.63) is 41.6 Å². The van der Waals surface area contributed by atoms with E-state index in [2.05, 4.69) is 5.32 Å². The fourth-order valence-electron chi connectivity index (χ4n) is 2.71. The van der Waals surface area contributed by atoms with Crippen molar-refractivity contribution in [2.75, 3.05) is 18.4 Å². The standard InChI is InChI=1S/C16H17FN2O5S/c1-10-14(25(22,23)19-7-2-3-8-19)9-13(24-10)16(21)18-15-11(17)5-4-6-12(15)20/h4-6,9,20H,2-3,7-8H2,1H3,(H,18,21). The van der Waals surface area contributed by atoms with Crippen LogP contribution in [-0.2, 0) is 10.0 Å². The predicted octanol–water partition coefficient (Wildman–Crippen LogP) is 2.47. The first kappa shape index (κ1) is 17.4. The minimum Gasteiger partial charge on any atom is -0.506 e. The van der Waals surface area contributed by atoms with Crippen LogP contribution in [0.2, 0.25) is 0 Å². The number of sulfonamides is 1. The second kappa shape index (κ2) is 6.49. The highest BCUT2D eigenvalue weighted by molar-refractivity contribution is 7.89. The number of nitrogens with zero attached hydrogens (tertiary/aromatic N) is 1. The smallest absolute Gasteiger partial charge is 0.291 e. The van der Waals surface area contributed by atoms with E-state index in [1.165, 1.54) is 23.4 Å². The van der Waals surface area contributed by atoms with Crippen molar-refractivity contribution in [1.82, 2.24) is 4.31 Å². The number of halogens is 1. The van der Waals surface area contributed by atoms with Gasteiger partial charge in [-0.05, 0) is 31.9 Å². The topological polar surface area (TPSA) is 99.8 Å². The maximum atomic E-state index is 13.7. The minimum atomic E-state index is -3.74. The Bertz CT molecular complexity index is 896. The van der Waals surface area contributed by atoms with Crippen LogP contribution in [0.4, 0.5) is 10.1 Å². The number of amides is 1. The number of phenols is 1. The van der Waals surface area contributed by atoms with Gasteiger partial charge in [0.05, 0.1) is 0 Å². The molecular weight excluding hydrogens is 351 g/mol. The highest BCUT2D eigenvalue weighted by Crippen LogP contribution is 2.29. The van der Waals surface area contributed by atoms with Crippen molar-refractivity contribution in [1.29, 1.82) is 0 Å². The molecule has 0 atom stereocenters. The number of para-hydroxylation sites is 1. The molecule has 2 N–H and O–H groups in total. The van der Waals surface area contributed by atoms with Crippen LogP contribution < -0.4 is 5.32 Å². The summed E-state index contributed by atoms with van der Waals surface area (Å²) in [6.07, 6.45) is 1.58. The molecule has 2 aromatic rings. The predicted molar refractivity (Wildman–Crippen MR) is 87.5 cm³/mol. The Labute approximate surface area is 144 Å². The monoisotopic (exact) mass is 368 g/mol. The first-order valence-corrected chi connectivity index (χ1v) is 9.14. The van der Waals surface area contributed by atoms with Gasteiger partial charge in [0.2, 0.25) is 10.0 Å². The first-order valence-electron chi connectivity index (χ1n) is 7.70. The minimum absolute atomic E-state index is 0.0785. The van der Waals surface area contributed by atoms with Gasteiger partial charge in [-0.2, -0.15) is 4.31 Å². The van der Waals surface area contributed by atoms with Crippen LogP contribution in [0.25, 0.3) is 0 Å². The fraction of sp³-hybridized carbons (Fsp3) is 0.312. The molecule has 0 bridgehead atoms. The number of hydrogen-bond acceptors (Lipinski definition) is 5. The normalized spacial score (nSPS) is 15.4. The number of anilines is 1. The van der Waals surface area contributed by atoms with Crippen LogP contribution >= 0.6 is 0 Å². The highest BCUT2D eigenvalue weighted by Gasteiger charge is 2.32. The molecule has 0 saturated carbocycles. The molecule has 1 aliphatic heterocycles. The van der Waals surface area contributed by atoms with Gasteiger partial charge in [0.25, 0.3) is 5.91 Å². The van der Waals surface area contributed by atoms with Crippen molar-refractivity contribution in [2.24, 2.45) is 0 Å². The van der Waals surface area contributed by atoms with Gasteiger partial charge in [-0.25, -0.2) is 12.8 Å². The van der Waals surface area contributed by atoms with Gasteiger partial charge in [0, 0.05) is 19.2 Å². The molecule has 0 spiro atoms. The third-order valence-corrected chi connectivity index (χ3v) is 6.02. The second-order valence-electron chi connectivity index (χ2n) is 5.73. The van der Waals surface area contributed by atoms with Gasteiger partial charge < -0.3 is 14.8 Å². The van der Waals surface area contributed by atoms with Crippen LogP contribution in [0.3, 0.4) is 0 Å². The second-order valence-corrected chi connectivity index (χ2v) is 7.64. The van der Waals surface area contributed by atoms with Crippen molar-refractivity contribution in [3.63, 3.8) is 0 Å². The van der Waals surface area contributed by atoms with E-state index in [0.29, 0.717) is 13.1 Å². The lowest BCUT2D eigenvalue weighted by Crippen LogP contribution is -2.28. The average molecular weight is 368 g/mol. The summed E-state index contributed by atoms with van der Waals surface area (Å²) in [6.45, 7) is 2.30. The fourth-order valence-corrected chi connectivity index (χ4v) is 4.39. The number of nitrogens with one attached hydrogen (secondary N) is 1. The van der Waals surface area contributed by atoms with E-state index in [-0.39, 0.29) is 16.4 Å². The number of carbonyl (C=O) groups excluding carboxylic acids is 1. The summed E-state index contributed by atoms with van der Waals surface area (Å²) >= 11 is 0. The van der Waals surface area contributed by atoms with Gasteiger partial charge in [0.1, 0.15) is 22.1 Å². The van der Waals surface area contributed by atoms with Crippen molar-refractivity contribution in [3.8, 4) is 5.75 Å². The maximum absolute atomic E-state index is 13.7. The van der Waals surface area contributed by atoms with Gasteiger partial charge in [-0.15, -0.1) is 0 Å². The molecule has 1 aromatic heterocycles. The van der Waals surface area contributed by atoms with Crippen LogP contribution in [0.5, 0.6) is 5.75 Å². The molecule has 1 fully saturated rings. The van der Waals surface area contributed by atoms with E-state index in [4.69, 9.17) is 4.42 Å². The van der Waals surface area contributed by atoms with E-state index < -0.39 is 33.2 Å². The molecule has 1 aromatic carbocycles. The molecule has 0 radical (unpaired) electrons. The molecular formula is C16H17FN2O5S. The highest BCUT2D eigenvalue weighted by atomic mass is 32.2. The number of carbonyl (C=O) groups is 1. The molecule has 0 aliphatic carbocycles. The van der Waals surface area contributed by atoms with Crippen LogP contribution in [-0.4, -0.2) is 36.8 Å². The van der Waals surface area contributed by atoms with Gasteiger partial charge in [-0.1, -0.05) is 6.07 Å². The Balaban J connectivity index is 1.88. The number of benzene rings is 1. The number of aryl methyl sites for hydroxylation is 1. The van der Waals surface area contributed by atoms with Crippen molar-refractivity contribution in [2.45, 2.75) is 24.7 Å². The van der Waals surface area contributed by atoms with Gasteiger partial charge in [-0.3, -0.25) is 4.79 Å². The Morgan fingerprint density at radius 3 is 2.64 bits per heavy atom. The van der Waals surface area contributed by atoms with E-state index in [0.717, 1.165) is 25.0 Å². The van der Waals surface area contributed by atoms with E-state index in [1.54, 1.807) is 0 Å². The number of aromatic hydroxyl groups is 1. The molecule has 3 rings (SSSR count). The number of rotatable bonds is 4. The summed E-state index contributed by atoms with van der Waals surface area (Å²) in [5, 5.41) is 11.8. The SMILES string of the molecule is Cc1oc(C(=O)Nc2c(O)cccc2F)cc1S(=O)(=O)N1CCCC1. The Kier molecular flexibility index (Phi) is 4.53. The quantitative estimate of drug-likeness (QED) is 0.808. The molecule has 1 aliphatic rings. The number of hydrogen-bond donors (Lipinski definition) is 2. The molecule has 1 saturated heterocycles. The molecule has 2 heterocycles. The summed E-state index contributed by atoms with van der Waals surface area (Å²) < 4.78 is 45.5. The molecule has 25 heavy (non-hydrogen) atoms. The largest absolute Gasteiger partial charge is 0.506 e. The molecule has 1 amide bonds. The zero-order chi connectivity index (χ0) is 18.2.